The molecule has 2 aliphatic rings. The predicted octanol–water partition coefficient (Wildman–Crippen LogP) is 2.00. The van der Waals surface area contributed by atoms with Gasteiger partial charge < -0.3 is 10.0 Å². The van der Waals surface area contributed by atoms with Crippen LogP contribution in [0.3, 0.4) is 0 Å². The average Bonchev–Trinajstić information content (AvgIpc) is 2.86. The molecule has 0 radical (unpaired) electrons. The summed E-state index contributed by atoms with van der Waals surface area (Å²) in [6.45, 7) is 0.469. The second kappa shape index (κ2) is 5.32. The Bertz CT molecular complexity index is 902. The van der Waals surface area contributed by atoms with Crippen LogP contribution in [0.1, 0.15) is 18.4 Å². The van der Waals surface area contributed by atoms with Gasteiger partial charge in [-0.25, -0.2) is 9.69 Å². The number of aliphatic hydroxyl groups is 1. The van der Waals surface area contributed by atoms with Crippen LogP contribution in [0, 0.1) is 11.3 Å². The predicted molar refractivity (Wildman–Crippen MR) is 87.3 cm³/mol. The molecular weight excluding hydrogens is 306 g/mol. The summed E-state index contributed by atoms with van der Waals surface area (Å²) in [5.41, 5.74) is 0.951. The Labute approximate surface area is 138 Å². The minimum absolute atomic E-state index is 0.401. The van der Waals surface area contributed by atoms with Crippen molar-refractivity contribution in [3.63, 3.8) is 0 Å². The Balaban J connectivity index is 1.88. The zero-order valence-corrected chi connectivity index (χ0v) is 12.8. The summed E-state index contributed by atoms with van der Waals surface area (Å²) < 4.78 is 0. The van der Waals surface area contributed by atoms with Crippen molar-refractivity contribution in [2.75, 3.05) is 11.4 Å². The van der Waals surface area contributed by atoms with E-state index < -0.39 is 24.1 Å². The van der Waals surface area contributed by atoms with Crippen molar-refractivity contribution in [2.45, 2.75) is 25.0 Å². The molecular formula is C18H15N3O3. The maximum Gasteiger partial charge on any atom is 0.332 e. The molecule has 2 aromatic rings. The third-order valence-electron chi connectivity index (χ3n) is 4.77. The lowest BCUT2D eigenvalue weighted by Gasteiger charge is -2.30. The Hall–Kier alpha value is -2.91. The van der Waals surface area contributed by atoms with Gasteiger partial charge in [-0.2, -0.15) is 5.26 Å². The lowest BCUT2D eigenvalue weighted by molar-refractivity contribution is -0.124. The molecule has 120 valence electrons. The summed E-state index contributed by atoms with van der Waals surface area (Å²) in [6.07, 6.45) is 0.366. The molecule has 6 heteroatoms. The van der Waals surface area contributed by atoms with Crippen LogP contribution < -0.4 is 4.90 Å². The molecule has 0 aliphatic carbocycles. The third-order valence-corrected chi connectivity index (χ3v) is 4.77. The van der Waals surface area contributed by atoms with E-state index in [1.807, 2.05) is 6.07 Å². The highest BCUT2D eigenvalue weighted by atomic mass is 16.3. The number of aliphatic hydroxyl groups excluding tert-OH is 1. The van der Waals surface area contributed by atoms with Crippen molar-refractivity contribution < 1.29 is 14.7 Å². The molecule has 0 spiro atoms. The van der Waals surface area contributed by atoms with Crippen LogP contribution in [0.25, 0.3) is 10.8 Å². The van der Waals surface area contributed by atoms with Crippen molar-refractivity contribution in [2.24, 2.45) is 0 Å². The molecule has 2 heterocycles. The third kappa shape index (κ3) is 1.92. The van der Waals surface area contributed by atoms with Crippen molar-refractivity contribution in [3.05, 3.63) is 42.0 Å². The van der Waals surface area contributed by atoms with E-state index in [-0.39, 0.29) is 0 Å². The van der Waals surface area contributed by atoms with Gasteiger partial charge in [-0.05, 0) is 25.0 Å². The molecule has 0 aromatic heterocycles. The summed E-state index contributed by atoms with van der Waals surface area (Å²) in [7, 11) is 0. The van der Waals surface area contributed by atoms with Crippen molar-refractivity contribution >= 4 is 28.4 Å². The first-order chi connectivity index (χ1) is 11.6. The number of fused-ring (bicyclic) bond motifs is 2. The number of carbonyl (C=O) groups is 2. The molecule has 1 N–H and O–H groups in total. The normalized spacial score (nSPS) is 23.5. The first kappa shape index (κ1) is 14.7. The minimum Gasteiger partial charge on any atom is -0.390 e. The molecule has 4 rings (SSSR count). The largest absolute Gasteiger partial charge is 0.390 e. The highest BCUT2D eigenvalue weighted by Crippen LogP contribution is 2.35. The number of anilines is 1. The Kier molecular flexibility index (Phi) is 3.25. The number of carbonyl (C=O) groups excluding carboxylic acids is 2. The number of hydrogen-bond donors (Lipinski definition) is 1. The monoisotopic (exact) mass is 321 g/mol. The second-order valence-corrected chi connectivity index (χ2v) is 6.09. The molecule has 3 amide bonds. The highest BCUT2D eigenvalue weighted by molar-refractivity contribution is 6.24. The molecule has 2 aromatic carbocycles. The molecule has 24 heavy (non-hydrogen) atoms. The Morgan fingerprint density at radius 2 is 1.88 bits per heavy atom. The first-order valence-corrected chi connectivity index (χ1v) is 7.88. The Morgan fingerprint density at radius 3 is 2.58 bits per heavy atom. The molecule has 2 saturated heterocycles. The number of amides is 3. The van der Waals surface area contributed by atoms with Crippen LogP contribution in [0.15, 0.2) is 36.4 Å². The van der Waals surface area contributed by atoms with Gasteiger partial charge in [-0.15, -0.1) is 0 Å². The summed E-state index contributed by atoms with van der Waals surface area (Å²) in [5.74, 6) is -0.401. The van der Waals surface area contributed by atoms with Gasteiger partial charge in [0.2, 0.25) is 0 Å². The molecule has 0 bridgehead atoms. The van der Waals surface area contributed by atoms with Crippen LogP contribution >= 0.6 is 0 Å². The fraction of sp³-hybridized carbons (Fsp3) is 0.278. The van der Waals surface area contributed by atoms with E-state index in [1.165, 1.54) is 4.90 Å². The molecule has 6 nitrogen and oxygen atoms in total. The number of rotatable bonds is 1. The van der Waals surface area contributed by atoms with Gasteiger partial charge in [0.15, 0.2) is 0 Å². The maximum absolute atomic E-state index is 12.8. The summed E-state index contributed by atoms with van der Waals surface area (Å²) in [5, 5.41) is 20.8. The smallest absolute Gasteiger partial charge is 0.332 e. The SMILES string of the molecule is N#Cc1ccc(N2C(=O)C3C(O)CCCN3C2=O)c2ccccc12. The molecule has 2 fully saturated rings. The summed E-state index contributed by atoms with van der Waals surface area (Å²) in [6, 6.07) is 11.4. The number of imide groups is 1. The lowest BCUT2D eigenvalue weighted by atomic mass is 9.99. The zero-order chi connectivity index (χ0) is 16.8. The van der Waals surface area contributed by atoms with Gasteiger partial charge >= 0.3 is 6.03 Å². The van der Waals surface area contributed by atoms with E-state index in [4.69, 9.17) is 0 Å². The highest BCUT2D eigenvalue weighted by Gasteiger charge is 2.50. The van der Waals surface area contributed by atoms with Gasteiger partial charge in [0.1, 0.15) is 6.04 Å². The van der Waals surface area contributed by atoms with Crippen LogP contribution in [0.2, 0.25) is 0 Å². The quantitative estimate of drug-likeness (QED) is 0.814. The van der Waals surface area contributed by atoms with Crippen LogP contribution in [-0.2, 0) is 4.79 Å². The average molecular weight is 321 g/mol. The number of benzene rings is 2. The molecule has 2 aliphatic heterocycles. The minimum atomic E-state index is -0.829. The van der Waals surface area contributed by atoms with Crippen molar-refractivity contribution in [3.8, 4) is 6.07 Å². The van der Waals surface area contributed by atoms with E-state index >= 15 is 0 Å². The lowest BCUT2D eigenvalue weighted by Crippen LogP contribution is -2.48. The number of urea groups is 1. The van der Waals surface area contributed by atoms with Crippen LogP contribution in [0.4, 0.5) is 10.5 Å². The maximum atomic E-state index is 12.8. The second-order valence-electron chi connectivity index (χ2n) is 6.09. The van der Waals surface area contributed by atoms with Gasteiger partial charge in [0.25, 0.3) is 5.91 Å². The zero-order valence-electron chi connectivity index (χ0n) is 12.8. The van der Waals surface area contributed by atoms with E-state index in [0.29, 0.717) is 41.4 Å². The van der Waals surface area contributed by atoms with Gasteiger partial charge in [0, 0.05) is 17.3 Å². The number of nitriles is 1. The topological polar surface area (TPSA) is 84.6 Å². The van der Waals surface area contributed by atoms with E-state index in [1.54, 1.807) is 30.3 Å². The molecule has 0 saturated carbocycles. The summed E-state index contributed by atoms with van der Waals surface area (Å²) >= 11 is 0. The first-order valence-electron chi connectivity index (χ1n) is 7.88. The van der Waals surface area contributed by atoms with E-state index in [0.717, 1.165) is 4.90 Å². The van der Waals surface area contributed by atoms with Crippen molar-refractivity contribution in [1.29, 1.82) is 5.26 Å². The van der Waals surface area contributed by atoms with E-state index in [2.05, 4.69) is 6.07 Å². The molecule has 2 unspecified atom stereocenters. The number of nitrogens with zero attached hydrogens (tertiary/aromatic N) is 3. The number of hydrogen-bond acceptors (Lipinski definition) is 4. The van der Waals surface area contributed by atoms with Gasteiger partial charge in [-0.1, -0.05) is 24.3 Å². The van der Waals surface area contributed by atoms with Crippen LogP contribution in [-0.4, -0.2) is 40.6 Å². The number of piperidine rings is 1. The fourth-order valence-electron chi connectivity index (χ4n) is 3.64. The standard InChI is InChI=1S/C18H15N3O3/c19-10-11-7-8-14(13-5-2-1-4-12(11)13)21-17(23)16-15(22)6-3-9-20(16)18(21)24/h1-2,4-5,7-8,15-16,22H,3,6,9H2. The fourth-order valence-corrected chi connectivity index (χ4v) is 3.64. The van der Waals surface area contributed by atoms with Gasteiger partial charge in [0.05, 0.1) is 23.4 Å². The van der Waals surface area contributed by atoms with Crippen molar-refractivity contribution in [1.82, 2.24) is 4.90 Å². The van der Waals surface area contributed by atoms with Gasteiger partial charge in [-0.3, -0.25) is 4.79 Å². The van der Waals surface area contributed by atoms with Crippen LogP contribution in [0.5, 0.6) is 0 Å². The molecule has 2 atom stereocenters. The Morgan fingerprint density at radius 1 is 1.12 bits per heavy atom. The van der Waals surface area contributed by atoms with E-state index in [9.17, 15) is 20.0 Å². The summed E-state index contributed by atoms with van der Waals surface area (Å²) in [4.78, 5) is 28.1.